The van der Waals surface area contributed by atoms with Gasteiger partial charge in [0.2, 0.25) is 0 Å². The van der Waals surface area contributed by atoms with Gasteiger partial charge >= 0.3 is 5.97 Å². The van der Waals surface area contributed by atoms with Crippen molar-refractivity contribution < 1.29 is 25.2 Å². The summed E-state index contributed by atoms with van der Waals surface area (Å²) in [5.74, 6) is -1.18. The Hall–Kier alpha value is -1.95. The van der Waals surface area contributed by atoms with Gasteiger partial charge in [0.15, 0.2) is 0 Å². The molecule has 4 N–H and O–H groups in total. The third-order valence-electron chi connectivity index (χ3n) is 5.62. The molecule has 154 valence electrons. The van der Waals surface area contributed by atoms with Crippen molar-refractivity contribution >= 4 is 5.97 Å². The highest BCUT2D eigenvalue weighted by Crippen LogP contribution is 2.36. The summed E-state index contributed by atoms with van der Waals surface area (Å²) in [4.78, 5) is 10.5. The van der Waals surface area contributed by atoms with Crippen LogP contribution in [0.3, 0.4) is 0 Å². The van der Waals surface area contributed by atoms with Gasteiger partial charge in [0.1, 0.15) is 0 Å². The van der Waals surface area contributed by atoms with E-state index in [4.69, 9.17) is 5.11 Å². The Labute approximate surface area is 167 Å². The minimum Gasteiger partial charge on any atom is -0.481 e. The van der Waals surface area contributed by atoms with E-state index >= 15 is 0 Å². The highest BCUT2D eigenvalue weighted by atomic mass is 16.4. The summed E-state index contributed by atoms with van der Waals surface area (Å²) in [6, 6.07) is 9.78. The number of carbonyl (C=O) groups is 1. The number of benzene rings is 1. The van der Waals surface area contributed by atoms with Crippen LogP contribution in [-0.4, -0.2) is 44.7 Å². The second-order valence-corrected chi connectivity index (χ2v) is 7.68. The van der Waals surface area contributed by atoms with Gasteiger partial charge in [0, 0.05) is 24.7 Å². The van der Waals surface area contributed by atoms with E-state index in [2.05, 4.69) is 0 Å². The summed E-state index contributed by atoms with van der Waals surface area (Å²) >= 11 is 0. The maximum Gasteiger partial charge on any atom is 0.303 e. The van der Waals surface area contributed by atoms with Crippen LogP contribution in [-0.2, 0) is 4.79 Å². The second kappa shape index (κ2) is 11.1. The molecular formula is C23H32O5. The fourth-order valence-corrected chi connectivity index (χ4v) is 3.81. The Morgan fingerprint density at radius 1 is 1.18 bits per heavy atom. The summed E-state index contributed by atoms with van der Waals surface area (Å²) in [5.41, 5.74) is 1.05. The fourth-order valence-electron chi connectivity index (χ4n) is 3.81. The van der Waals surface area contributed by atoms with Crippen LogP contribution in [0.5, 0.6) is 0 Å². The Kier molecular flexibility index (Phi) is 8.90. The van der Waals surface area contributed by atoms with Crippen LogP contribution in [0.4, 0.5) is 0 Å². The molecule has 0 aromatic heterocycles. The molecule has 5 nitrogen and oxygen atoms in total. The van der Waals surface area contributed by atoms with Gasteiger partial charge < -0.3 is 20.4 Å². The third kappa shape index (κ3) is 6.59. The SMILES string of the molecule is CC(c1ccccc1)C(O)/C=C/C1C(O)CC(O)C1C/C=C/CCCC(=O)O. The first kappa shape index (κ1) is 22.3. The van der Waals surface area contributed by atoms with E-state index in [-0.39, 0.29) is 24.2 Å². The van der Waals surface area contributed by atoms with Gasteiger partial charge in [-0.15, -0.1) is 0 Å². The van der Waals surface area contributed by atoms with Crippen molar-refractivity contribution in [3.63, 3.8) is 0 Å². The monoisotopic (exact) mass is 388 g/mol. The molecule has 2 rings (SSSR count). The predicted molar refractivity (Wildman–Crippen MR) is 109 cm³/mol. The van der Waals surface area contributed by atoms with Gasteiger partial charge in [0.25, 0.3) is 0 Å². The Balaban J connectivity index is 1.92. The Morgan fingerprint density at radius 3 is 2.57 bits per heavy atom. The topological polar surface area (TPSA) is 98.0 Å². The molecule has 1 aromatic carbocycles. The predicted octanol–water partition coefficient (Wildman–Crippen LogP) is 3.27. The van der Waals surface area contributed by atoms with Crippen LogP contribution in [0.1, 0.15) is 50.5 Å². The van der Waals surface area contributed by atoms with Gasteiger partial charge in [-0.2, -0.15) is 0 Å². The lowest BCUT2D eigenvalue weighted by Crippen LogP contribution is -2.21. The summed E-state index contributed by atoms with van der Waals surface area (Å²) in [6.45, 7) is 1.96. The molecular weight excluding hydrogens is 356 g/mol. The average molecular weight is 389 g/mol. The maximum absolute atomic E-state index is 10.5. The molecule has 6 atom stereocenters. The van der Waals surface area contributed by atoms with Gasteiger partial charge in [-0.3, -0.25) is 4.79 Å². The second-order valence-electron chi connectivity index (χ2n) is 7.68. The van der Waals surface area contributed by atoms with Crippen LogP contribution in [0.25, 0.3) is 0 Å². The van der Waals surface area contributed by atoms with E-state index in [0.29, 0.717) is 25.7 Å². The summed E-state index contributed by atoms with van der Waals surface area (Å²) in [6.07, 6.45) is 7.96. The van der Waals surface area contributed by atoms with Crippen molar-refractivity contribution in [1.29, 1.82) is 0 Å². The van der Waals surface area contributed by atoms with Gasteiger partial charge in [-0.25, -0.2) is 0 Å². The molecule has 0 aliphatic heterocycles. The van der Waals surface area contributed by atoms with Crippen molar-refractivity contribution in [2.75, 3.05) is 0 Å². The zero-order valence-electron chi connectivity index (χ0n) is 16.4. The zero-order valence-corrected chi connectivity index (χ0v) is 16.4. The minimum atomic E-state index is -0.795. The zero-order chi connectivity index (χ0) is 20.5. The highest BCUT2D eigenvalue weighted by Gasteiger charge is 2.39. The lowest BCUT2D eigenvalue weighted by atomic mass is 9.88. The van der Waals surface area contributed by atoms with E-state index in [9.17, 15) is 20.1 Å². The minimum absolute atomic E-state index is 0.0616. The first-order valence-electron chi connectivity index (χ1n) is 10.0. The Morgan fingerprint density at radius 2 is 1.89 bits per heavy atom. The van der Waals surface area contributed by atoms with Gasteiger partial charge in [-0.05, 0) is 30.7 Å². The number of carboxylic acids is 1. The van der Waals surface area contributed by atoms with Crippen LogP contribution < -0.4 is 0 Å². The number of aliphatic hydroxyl groups is 3. The summed E-state index contributed by atoms with van der Waals surface area (Å²) < 4.78 is 0. The smallest absolute Gasteiger partial charge is 0.303 e. The first-order valence-corrected chi connectivity index (χ1v) is 10.0. The molecule has 0 amide bonds. The average Bonchev–Trinajstić information content (AvgIpc) is 2.95. The number of unbranched alkanes of at least 4 members (excludes halogenated alkanes) is 1. The normalized spacial score (nSPS) is 27.4. The van der Waals surface area contributed by atoms with Crippen LogP contribution in [0, 0.1) is 11.8 Å². The number of allylic oxidation sites excluding steroid dienone is 2. The molecule has 1 fully saturated rings. The van der Waals surface area contributed by atoms with Crippen LogP contribution in [0.15, 0.2) is 54.6 Å². The molecule has 0 saturated heterocycles. The van der Waals surface area contributed by atoms with Gasteiger partial charge in [0.05, 0.1) is 18.3 Å². The molecule has 1 aliphatic carbocycles. The molecule has 5 heteroatoms. The third-order valence-corrected chi connectivity index (χ3v) is 5.62. The first-order chi connectivity index (χ1) is 13.4. The summed E-state index contributed by atoms with van der Waals surface area (Å²) in [5, 5.41) is 39.7. The standard InChI is InChI=1S/C23H32O5/c1-16(17-9-5-4-6-10-17)20(24)14-13-19-18(21(25)15-22(19)26)11-7-2-3-8-12-23(27)28/h2,4-7,9-10,13-14,16,18-22,24-26H,3,8,11-12,15H2,1H3,(H,27,28)/b7-2+,14-13+. The van der Waals surface area contributed by atoms with E-state index in [0.717, 1.165) is 5.56 Å². The number of aliphatic carboxylic acids is 1. The van der Waals surface area contributed by atoms with Crippen LogP contribution in [0.2, 0.25) is 0 Å². The lowest BCUT2D eigenvalue weighted by Gasteiger charge is -2.21. The number of rotatable bonds is 10. The molecule has 28 heavy (non-hydrogen) atoms. The van der Waals surface area contributed by atoms with Crippen molar-refractivity contribution in [3.05, 3.63) is 60.2 Å². The molecule has 1 aromatic rings. The molecule has 6 unspecified atom stereocenters. The number of hydrogen-bond donors (Lipinski definition) is 4. The van der Waals surface area contributed by atoms with Gasteiger partial charge in [-0.1, -0.05) is 61.6 Å². The quantitative estimate of drug-likeness (QED) is 0.364. The van der Waals surface area contributed by atoms with E-state index < -0.39 is 24.3 Å². The maximum atomic E-state index is 10.5. The lowest BCUT2D eigenvalue weighted by molar-refractivity contribution is -0.137. The van der Waals surface area contributed by atoms with Crippen molar-refractivity contribution in [2.24, 2.45) is 11.8 Å². The highest BCUT2D eigenvalue weighted by molar-refractivity contribution is 5.66. The van der Waals surface area contributed by atoms with Crippen molar-refractivity contribution in [1.82, 2.24) is 0 Å². The molecule has 1 saturated carbocycles. The van der Waals surface area contributed by atoms with E-state index in [1.807, 2.05) is 55.5 Å². The molecule has 1 aliphatic rings. The van der Waals surface area contributed by atoms with Crippen LogP contribution >= 0.6 is 0 Å². The van der Waals surface area contributed by atoms with Crippen molar-refractivity contribution in [2.45, 2.75) is 63.3 Å². The number of carboxylic acid groups (broad SMARTS) is 1. The van der Waals surface area contributed by atoms with E-state index in [1.165, 1.54) is 0 Å². The molecule has 0 heterocycles. The molecule has 0 radical (unpaired) electrons. The summed E-state index contributed by atoms with van der Waals surface area (Å²) in [7, 11) is 0. The molecule has 0 spiro atoms. The van der Waals surface area contributed by atoms with E-state index in [1.54, 1.807) is 6.08 Å². The van der Waals surface area contributed by atoms with Crippen molar-refractivity contribution in [3.8, 4) is 0 Å². The Bertz CT molecular complexity index is 654. The molecule has 0 bridgehead atoms. The number of hydrogen-bond acceptors (Lipinski definition) is 4. The number of aliphatic hydroxyl groups excluding tert-OH is 3. The largest absolute Gasteiger partial charge is 0.481 e. The fraction of sp³-hybridized carbons (Fsp3) is 0.522.